The highest BCUT2D eigenvalue weighted by Gasteiger charge is 2.30. The first-order valence-electron chi connectivity index (χ1n) is 5.89. The Morgan fingerprint density at radius 3 is 2.61 bits per heavy atom. The number of piperidine rings is 1. The number of methoxy groups -OCH3 is 1. The summed E-state index contributed by atoms with van der Waals surface area (Å²) in [5.74, 6) is 0. The maximum absolute atomic E-state index is 12.4. The number of nitrogens with two attached hydrogens (primary N) is 1. The minimum atomic E-state index is -3.34. The number of hydrogen-bond acceptors (Lipinski definition) is 5. The van der Waals surface area contributed by atoms with Gasteiger partial charge < -0.3 is 10.5 Å². The Morgan fingerprint density at radius 1 is 1.44 bits per heavy atom. The minimum Gasteiger partial charge on any atom is -0.381 e. The molecule has 2 N–H and O–H groups in total. The molecular weight excluding hydrogens is 272 g/mol. The molecule has 102 valence electrons. The first kappa shape index (κ1) is 14.0. The summed E-state index contributed by atoms with van der Waals surface area (Å²) in [4.78, 5) is 0.889. The molecule has 0 bridgehead atoms. The van der Waals surface area contributed by atoms with Crippen LogP contribution in [0.5, 0.6) is 0 Å². The maximum atomic E-state index is 12.4. The zero-order valence-electron chi connectivity index (χ0n) is 10.3. The largest absolute Gasteiger partial charge is 0.381 e. The molecule has 7 heteroatoms. The van der Waals surface area contributed by atoms with Crippen LogP contribution >= 0.6 is 11.3 Å². The van der Waals surface area contributed by atoms with Gasteiger partial charge in [0, 0.05) is 31.6 Å². The first-order valence-corrected chi connectivity index (χ1v) is 8.15. The van der Waals surface area contributed by atoms with Crippen LogP contribution in [0.4, 0.5) is 0 Å². The summed E-state index contributed by atoms with van der Waals surface area (Å²) < 4.78 is 31.9. The minimum absolute atomic E-state index is 0.180. The third-order valence-corrected chi connectivity index (χ3v) is 6.64. The van der Waals surface area contributed by atoms with E-state index < -0.39 is 10.0 Å². The van der Waals surface area contributed by atoms with Gasteiger partial charge in [0.15, 0.2) is 0 Å². The van der Waals surface area contributed by atoms with Crippen LogP contribution in [0.25, 0.3) is 0 Å². The molecule has 0 aliphatic carbocycles. The molecule has 18 heavy (non-hydrogen) atoms. The van der Waals surface area contributed by atoms with Crippen molar-refractivity contribution in [1.82, 2.24) is 4.31 Å². The van der Waals surface area contributed by atoms with Gasteiger partial charge in [0.1, 0.15) is 4.21 Å². The number of thiophene rings is 1. The van der Waals surface area contributed by atoms with Gasteiger partial charge in [-0.3, -0.25) is 0 Å². The number of hydrogen-bond donors (Lipinski definition) is 1. The fraction of sp³-hybridized carbons (Fsp3) is 0.636. The number of nitrogens with zero attached hydrogens (tertiary/aromatic N) is 1. The van der Waals surface area contributed by atoms with E-state index in [0.717, 1.165) is 17.7 Å². The summed E-state index contributed by atoms with van der Waals surface area (Å²) in [5.41, 5.74) is 5.51. The molecule has 0 amide bonds. The van der Waals surface area contributed by atoms with Crippen molar-refractivity contribution < 1.29 is 13.2 Å². The predicted octanol–water partition coefficient (Wildman–Crippen LogP) is 1.01. The van der Waals surface area contributed by atoms with Gasteiger partial charge in [-0.1, -0.05) is 0 Å². The summed E-state index contributed by atoms with van der Waals surface area (Å²) >= 11 is 1.25. The quantitative estimate of drug-likeness (QED) is 0.898. The van der Waals surface area contributed by atoms with Gasteiger partial charge in [0.2, 0.25) is 0 Å². The van der Waals surface area contributed by atoms with Gasteiger partial charge in [0.05, 0.1) is 6.10 Å². The summed E-state index contributed by atoms with van der Waals surface area (Å²) in [6.07, 6.45) is 1.69. The van der Waals surface area contributed by atoms with Crippen molar-refractivity contribution in [2.75, 3.05) is 20.2 Å². The van der Waals surface area contributed by atoms with Crippen LogP contribution in [0.2, 0.25) is 0 Å². The Kier molecular flexibility index (Phi) is 4.39. The molecule has 0 radical (unpaired) electrons. The lowest BCUT2D eigenvalue weighted by atomic mass is 10.1. The third-order valence-electron chi connectivity index (χ3n) is 3.17. The lowest BCUT2D eigenvalue weighted by Gasteiger charge is -2.29. The molecule has 0 unspecified atom stereocenters. The summed E-state index contributed by atoms with van der Waals surface area (Å²) in [5, 5.41) is 0. The van der Waals surface area contributed by atoms with Crippen LogP contribution < -0.4 is 5.73 Å². The predicted molar refractivity (Wildman–Crippen MR) is 71.0 cm³/mol. The van der Waals surface area contributed by atoms with Gasteiger partial charge in [0.25, 0.3) is 10.0 Å². The van der Waals surface area contributed by atoms with Crippen LogP contribution in [0, 0.1) is 0 Å². The number of ether oxygens (including phenoxy) is 1. The van der Waals surface area contributed by atoms with E-state index in [0.29, 0.717) is 23.8 Å². The molecule has 1 aromatic heterocycles. The average Bonchev–Trinajstić information content (AvgIpc) is 2.88. The van der Waals surface area contributed by atoms with E-state index in [2.05, 4.69) is 0 Å². The number of sulfonamides is 1. The van der Waals surface area contributed by atoms with Crippen molar-refractivity contribution in [2.24, 2.45) is 5.73 Å². The van der Waals surface area contributed by atoms with Gasteiger partial charge in [-0.15, -0.1) is 11.3 Å². The molecule has 2 heterocycles. The van der Waals surface area contributed by atoms with E-state index in [1.165, 1.54) is 15.6 Å². The summed E-state index contributed by atoms with van der Waals surface area (Å²) in [7, 11) is -1.67. The fourth-order valence-corrected chi connectivity index (χ4v) is 4.90. The highest BCUT2D eigenvalue weighted by atomic mass is 32.2. The van der Waals surface area contributed by atoms with Crippen molar-refractivity contribution >= 4 is 21.4 Å². The van der Waals surface area contributed by atoms with Gasteiger partial charge in [-0.25, -0.2) is 8.42 Å². The molecule has 0 spiro atoms. The smallest absolute Gasteiger partial charge is 0.252 e. The van der Waals surface area contributed by atoms with Crippen molar-refractivity contribution in [3.8, 4) is 0 Å². The molecule has 1 fully saturated rings. The second-order valence-electron chi connectivity index (χ2n) is 4.26. The maximum Gasteiger partial charge on any atom is 0.252 e. The Bertz CT molecular complexity index is 490. The average molecular weight is 290 g/mol. The van der Waals surface area contributed by atoms with E-state index in [1.807, 2.05) is 0 Å². The highest BCUT2D eigenvalue weighted by Crippen LogP contribution is 2.27. The lowest BCUT2D eigenvalue weighted by molar-refractivity contribution is 0.0605. The molecule has 2 rings (SSSR count). The van der Waals surface area contributed by atoms with Crippen LogP contribution in [-0.2, 0) is 21.3 Å². The van der Waals surface area contributed by atoms with Gasteiger partial charge in [-0.05, 0) is 25.0 Å². The molecule has 5 nitrogen and oxygen atoms in total. The topological polar surface area (TPSA) is 72.6 Å². The third kappa shape index (κ3) is 2.75. The molecule has 1 saturated heterocycles. The van der Waals surface area contributed by atoms with Crippen molar-refractivity contribution in [2.45, 2.75) is 29.7 Å². The Hall–Kier alpha value is -0.470. The van der Waals surface area contributed by atoms with E-state index in [4.69, 9.17) is 10.5 Å². The van der Waals surface area contributed by atoms with E-state index >= 15 is 0 Å². The molecule has 0 saturated carbocycles. The van der Waals surface area contributed by atoms with Crippen LogP contribution in [0.1, 0.15) is 17.7 Å². The molecule has 1 aromatic rings. The van der Waals surface area contributed by atoms with E-state index in [1.54, 1.807) is 19.2 Å². The standard InChI is InChI=1S/C11H18N2O3S2/c1-16-9-4-6-13(7-5-9)18(14,15)11-3-2-10(8-12)17-11/h2-3,9H,4-8,12H2,1H3. The zero-order valence-corrected chi connectivity index (χ0v) is 12.0. The first-order chi connectivity index (χ1) is 8.57. The van der Waals surface area contributed by atoms with E-state index in [9.17, 15) is 8.42 Å². The summed E-state index contributed by atoms with van der Waals surface area (Å²) in [6, 6.07) is 3.42. The number of rotatable bonds is 4. The molecule has 0 aromatic carbocycles. The van der Waals surface area contributed by atoms with Crippen molar-refractivity contribution in [1.29, 1.82) is 0 Å². The van der Waals surface area contributed by atoms with Gasteiger partial charge in [-0.2, -0.15) is 4.31 Å². The molecular formula is C11H18N2O3S2. The fourth-order valence-electron chi connectivity index (χ4n) is 2.04. The second kappa shape index (κ2) is 5.66. The van der Waals surface area contributed by atoms with Crippen molar-refractivity contribution in [3.05, 3.63) is 17.0 Å². The Morgan fingerprint density at radius 2 is 2.11 bits per heavy atom. The molecule has 0 atom stereocenters. The van der Waals surface area contributed by atoms with Gasteiger partial charge >= 0.3 is 0 Å². The molecule has 1 aliphatic rings. The lowest BCUT2D eigenvalue weighted by Crippen LogP contribution is -2.40. The Balaban J connectivity index is 2.12. The monoisotopic (exact) mass is 290 g/mol. The van der Waals surface area contributed by atoms with Crippen LogP contribution in [0.3, 0.4) is 0 Å². The van der Waals surface area contributed by atoms with Crippen LogP contribution in [0.15, 0.2) is 16.3 Å². The van der Waals surface area contributed by atoms with Crippen molar-refractivity contribution in [3.63, 3.8) is 0 Å². The summed E-state index contributed by atoms with van der Waals surface area (Å²) in [6.45, 7) is 1.43. The van der Waals surface area contributed by atoms with E-state index in [-0.39, 0.29) is 6.10 Å². The molecule has 1 aliphatic heterocycles. The second-order valence-corrected chi connectivity index (χ2v) is 7.60. The highest BCUT2D eigenvalue weighted by molar-refractivity contribution is 7.91. The Labute approximate surface area is 112 Å². The normalized spacial score (nSPS) is 19.2. The SMILES string of the molecule is COC1CCN(S(=O)(=O)c2ccc(CN)s2)CC1. The zero-order chi connectivity index (χ0) is 13.2. The van der Waals surface area contributed by atoms with Crippen LogP contribution in [-0.4, -0.2) is 39.0 Å².